The van der Waals surface area contributed by atoms with Crippen molar-refractivity contribution in [3.63, 3.8) is 0 Å². The summed E-state index contributed by atoms with van der Waals surface area (Å²) in [6.45, 7) is 11.9. The summed E-state index contributed by atoms with van der Waals surface area (Å²) in [6.07, 6.45) is 1.25. The molecule has 0 aliphatic carbocycles. The number of anilines is 1. The Kier molecular flexibility index (Phi) is 7.96. The monoisotopic (exact) mass is 467 g/mol. The smallest absolute Gasteiger partial charge is 0.233 e. The number of hydrogen-bond acceptors (Lipinski definition) is 6. The van der Waals surface area contributed by atoms with Crippen LogP contribution in [0, 0.1) is 13.8 Å². The third kappa shape index (κ3) is 5.91. The quantitative estimate of drug-likeness (QED) is 0.460. The molecule has 2 heterocycles. The highest BCUT2D eigenvalue weighted by Crippen LogP contribution is 2.32. The Balaban J connectivity index is 1.52. The number of carbonyl (C=O) groups is 1. The first-order valence-electron chi connectivity index (χ1n) is 11.7. The van der Waals surface area contributed by atoms with Crippen molar-refractivity contribution >= 4 is 32.6 Å². The third-order valence-electron chi connectivity index (χ3n) is 6.15. The second-order valence-electron chi connectivity index (χ2n) is 8.46. The molecule has 3 aromatic rings. The first kappa shape index (κ1) is 23.7. The summed E-state index contributed by atoms with van der Waals surface area (Å²) in [7, 11) is 0. The number of aryl methyl sites for hydroxylation is 2. The maximum Gasteiger partial charge on any atom is 0.233 e. The molecule has 0 saturated carbocycles. The number of ether oxygens (including phenoxy) is 2. The first-order valence-corrected chi connectivity index (χ1v) is 12.6. The summed E-state index contributed by atoms with van der Waals surface area (Å²) in [4.78, 5) is 22.7. The number of thiazole rings is 1. The number of hydrogen-bond donors (Lipinski definition) is 0. The number of morpholine rings is 1. The van der Waals surface area contributed by atoms with Gasteiger partial charge in [-0.1, -0.05) is 29.5 Å². The molecule has 0 radical (unpaired) electrons. The molecule has 33 heavy (non-hydrogen) atoms. The summed E-state index contributed by atoms with van der Waals surface area (Å²) in [5.41, 5.74) is 4.39. The molecule has 0 spiro atoms. The van der Waals surface area contributed by atoms with Crippen LogP contribution in [0.25, 0.3) is 10.2 Å². The lowest BCUT2D eigenvalue weighted by molar-refractivity contribution is -0.118. The standard InChI is InChI=1S/C26H33N3O3S/c1-4-32-22-9-7-21(8-10-22)18-24(30)29(13-5-12-28-14-16-31-17-15-28)26-27-25-20(3)19(2)6-11-23(25)33-26/h6-11H,4-5,12-18H2,1-3H3. The van der Waals surface area contributed by atoms with Crippen molar-refractivity contribution in [3.05, 3.63) is 53.1 Å². The van der Waals surface area contributed by atoms with Crippen LogP contribution in [0.5, 0.6) is 5.75 Å². The van der Waals surface area contributed by atoms with E-state index in [0.29, 0.717) is 19.6 Å². The average molecular weight is 468 g/mol. The number of benzene rings is 2. The van der Waals surface area contributed by atoms with Gasteiger partial charge in [-0.05, 0) is 62.1 Å². The molecule has 2 aromatic carbocycles. The van der Waals surface area contributed by atoms with Gasteiger partial charge in [0.15, 0.2) is 5.13 Å². The molecule has 1 amide bonds. The molecular weight excluding hydrogens is 434 g/mol. The molecule has 1 aliphatic heterocycles. The predicted octanol–water partition coefficient (Wildman–Crippen LogP) is 4.61. The maximum absolute atomic E-state index is 13.5. The second-order valence-corrected chi connectivity index (χ2v) is 9.47. The van der Waals surface area contributed by atoms with Crippen LogP contribution in [0.1, 0.15) is 30.0 Å². The molecule has 7 heteroatoms. The Morgan fingerprint density at radius 1 is 1.15 bits per heavy atom. The molecule has 0 N–H and O–H groups in total. The van der Waals surface area contributed by atoms with Gasteiger partial charge in [0.05, 0.1) is 36.5 Å². The Bertz CT molecular complexity index is 1070. The predicted molar refractivity (Wildman–Crippen MR) is 135 cm³/mol. The van der Waals surface area contributed by atoms with Gasteiger partial charge in [0, 0.05) is 26.2 Å². The van der Waals surface area contributed by atoms with Crippen molar-refractivity contribution in [2.24, 2.45) is 0 Å². The number of carbonyl (C=O) groups excluding carboxylic acids is 1. The normalized spacial score (nSPS) is 14.5. The fraction of sp³-hybridized carbons (Fsp3) is 0.462. The zero-order valence-electron chi connectivity index (χ0n) is 19.8. The van der Waals surface area contributed by atoms with Crippen LogP contribution in [-0.4, -0.2) is 61.8 Å². The molecule has 0 bridgehead atoms. The van der Waals surface area contributed by atoms with E-state index in [1.54, 1.807) is 11.3 Å². The fourth-order valence-electron chi connectivity index (χ4n) is 4.07. The molecule has 1 aliphatic rings. The van der Waals surface area contributed by atoms with Crippen molar-refractivity contribution in [2.75, 3.05) is 50.9 Å². The zero-order valence-corrected chi connectivity index (χ0v) is 20.6. The van der Waals surface area contributed by atoms with E-state index in [2.05, 4.69) is 30.9 Å². The van der Waals surface area contributed by atoms with E-state index in [1.165, 1.54) is 11.1 Å². The van der Waals surface area contributed by atoms with Crippen LogP contribution in [0.3, 0.4) is 0 Å². The maximum atomic E-state index is 13.5. The minimum absolute atomic E-state index is 0.0783. The third-order valence-corrected chi connectivity index (χ3v) is 7.20. The minimum atomic E-state index is 0.0783. The van der Waals surface area contributed by atoms with Crippen molar-refractivity contribution < 1.29 is 14.3 Å². The van der Waals surface area contributed by atoms with Crippen LogP contribution in [0.2, 0.25) is 0 Å². The highest BCUT2D eigenvalue weighted by molar-refractivity contribution is 7.22. The number of rotatable bonds is 9. The fourth-order valence-corrected chi connectivity index (χ4v) is 5.14. The highest BCUT2D eigenvalue weighted by atomic mass is 32.1. The van der Waals surface area contributed by atoms with Gasteiger partial charge in [0.2, 0.25) is 5.91 Å². The van der Waals surface area contributed by atoms with Crippen LogP contribution in [0.15, 0.2) is 36.4 Å². The number of amides is 1. The molecule has 4 rings (SSSR count). The largest absolute Gasteiger partial charge is 0.494 e. The van der Waals surface area contributed by atoms with Gasteiger partial charge < -0.3 is 9.47 Å². The summed E-state index contributed by atoms with van der Waals surface area (Å²) in [6, 6.07) is 12.0. The Morgan fingerprint density at radius 3 is 2.64 bits per heavy atom. The number of aromatic nitrogens is 1. The summed E-state index contributed by atoms with van der Waals surface area (Å²) in [5, 5.41) is 0.789. The lowest BCUT2D eigenvalue weighted by Gasteiger charge is -2.27. The van der Waals surface area contributed by atoms with Gasteiger partial charge in [-0.15, -0.1) is 0 Å². The molecule has 1 aromatic heterocycles. The molecular formula is C26H33N3O3S. The highest BCUT2D eigenvalue weighted by Gasteiger charge is 2.21. The molecule has 0 unspecified atom stereocenters. The molecule has 6 nitrogen and oxygen atoms in total. The Labute approximate surface area is 200 Å². The zero-order chi connectivity index (χ0) is 23.2. The van der Waals surface area contributed by atoms with E-state index in [4.69, 9.17) is 14.5 Å². The van der Waals surface area contributed by atoms with Crippen molar-refractivity contribution in [1.29, 1.82) is 0 Å². The summed E-state index contributed by atoms with van der Waals surface area (Å²) < 4.78 is 12.1. The SMILES string of the molecule is CCOc1ccc(CC(=O)N(CCCN2CCOCC2)c2nc3c(C)c(C)ccc3s2)cc1. The van der Waals surface area contributed by atoms with E-state index < -0.39 is 0 Å². The lowest BCUT2D eigenvalue weighted by atomic mass is 10.1. The van der Waals surface area contributed by atoms with Gasteiger partial charge in [-0.3, -0.25) is 14.6 Å². The van der Waals surface area contributed by atoms with E-state index in [1.807, 2.05) is 36.1 Å². The van der Waals surface area contributed by atoms with E-state index in [-0.39, 0.29) is 5.91 Å². The van der Waals surface area contributed by atoms with Crippen LogP contribution >= 0.6 is 11.3 Å². The van der Waals surface area contributed by atoms with Crippen LogP contribution < -0.4 is 9.64 Å². The first-order chi connectivity index (χ1) is 16.0. The van der Waals surface area contributed by atoms with Gasteiger partial charge in [0.25, 0.3) is 0 Å². The second kappa shape index (κ2) is 11.1. The number of fused-ring (bicyclic) bond motifs is 1. The lowest BCUT2D eigenvalue weighted by Crippen LogP contribution is -2.39. The average Bonchev–Trinajstić information content (AvgIpc) is 3.26. The molecule has 0 atom stereocenters. The van der Waals surface area contributed by atoms with Crippen LogP contribution in [-0.2, 0) is 16.0 Å². The number of nitrogens with zero attached hydrogens (tertiary/aromatic N) is 3. The van der Waals surface area contributed by atoms with Gasteiger partial charge in [-0.2, -0.15) is 0 Å². The van der Waals surface area contributed by atoms with Gasteiger partial charge in [0.1, 0.15) is 5.75 Å². The summed E-state index contributed by atoms with van der Waals surface area (Å²) >= 11 is 1.60. The van der Waals surface area contributed by atoms with Crippen molar-refractivity contribution in [2.45, 2.75) is 33.6 Å². The van der Waals surface area contributed by atoms with Gasteiger partial charge >= 0.3 is 0 Å². The Hall–Kier alpha value is -2.48. The topological polar surface area (TPSA) is 54.9 Å². The van der Waals surface area contributed by atoms with Crippen molar-refractivity contribution in [1.82, 2.24) is 9.88 Å². The molecule has 1 saturated heterocycles. The van der Waals surface area contributed by atoms with E-state index in [0.717, 1.165) is 65.9 Å². The van der Waals surface area contributed by atoms with Crippen molar-refractivity contribution in [3.8, 4) is 5.75 Å². The van der Waals surface area contributed by atoms with Gasteiger partial charge in [-0.25, -0.2) is 4.98 Å². The van der Waals surface area contributed by atoms with E-state index >= 15 is 0 Å². The molecule has 1 fully saturated rings. The minimum Gasteiger partial charge on any atom is -0.494 e. The Morgan fingerprint density at radius 2 is 1.91 bits per heavy atom. The molecule has 176 valence electrons. The van der Waals surface area contributed by atoms with E-state index in [9.17, 15) is 4.79 Å². The van der Waals surface area contributed by atoms with Crippen LogP contribution in [0.4, 0.5) is 5.13 Å². The summed E-state index contributed by atoms with van der Waals surface area (Å²) in [5.74, 6) is 0.905.